The molecule has 3 heteroatoms. The molecule has 0 saturated carbocycles. The van der Waals surface area contributed by atoms with E-state index in [0.717, 1.165) is 23.2 Å². The Morgan fingerprint density at radius 3 is 2.39 bits per heavy atom. The largest absolute Gasteiger partial charge is 0.298 e. The zero-order chi connectivity index (χ0) is 13.3. The van der Waals surface area contributed by atoms with Crippen LogP contribution in [0.2, 0.25) is 0 Å². The Kier molecular flexibility index (Phi) is 3.07. The predicted octanol–water partition coefficient (Wildman–Crippen LogP) is 3.29. The minimum absolute atomic E-state index is 0.135. The van der Waals surface area contributed by atoms with E-state index in [-0.39, 0.29) is 5.41 Å². The van der Waals surface area contributed by atoms with E-state index in [1.165, 1.54) is 0 Å². The van der Waals surface area contributed by atoms with Gasteiger partial charge in [0, 0.05) is 11.6 Å². The van der Waals surface area contributed by atoms with Crippen molar-refractivity contribution in [2.45, 2.75) is 33.1 Å². The lowest BCUT2D eigenvalue weighted by molar-refractivity contribution is 0.112. The fourth-order valence-electron chi connectivity index (χ4n) is 2.00. The third-order valence-corrected chi connectivity index (χ3v) is 2.94. The maximum Gasteiger partial charge on any atom is 0.153 e. The molecule has 0 radical (unpaired) electrons. The summed E-state index contributed by atoms with van der Waals surface area (Å²) in [5.74, 6) is 0. The Bertz CT molecular complexity index is 576. The Balaban J connectivity index is 2.58. The average Bonchev–Trinajstić information content (AvgIpc) is 2.73. The van der Waals surface area contributed by atoms with E-state index in [0.29, 0.717) is 5.56 Å². The molecule has 0 N–H and O–H groups in total. The summed E-state index contributed by atoms with van der Waals surface area (Å²) >= 11 is 0. The third-order valence-electron chi connectivity index (χ3n) is 2.94. The number of carbonyl (C=O) groups is 1. The first kappa shape index (κ1) is 12.6. The number of hydrogen-bond acceptors (Lipinski definition) is 2. The molecule has 2 aromatic rings. The molecule has 0 fully saturated rings. The van der Waals surface area contributed by atoms with E-state index in [2.05, 4.69) is 25.9 Å². The summed E-state index contributed by atoms with van der Waals surface area (Å²) in [6, 6.07) is 8.01. The monoisotopic (exact) mass is 242 g/mol. The first-order valence-electron chi connectivity index (χ1n) is 6.05. The number of para-hydroxylation sites is 1. The van der Waals surface area contributed by atoms with Gasteiger partial charge in [0.15, 0.2) is 6.29 Å². The zero-order valence-corrected chi connectivity index (χ0v) is 11.3. The second-order valence-electron chi connectivity index (χ2n) is 5.53. The zero-order valence-electron chi connectivity index (χ0n) is 11.3. The van der Waals surface area contributed by atoms with Gasteiger partial charge in [-0.25, -0.2) is 4.68 Å². The first-order valence-corrected chi connectivity index (χ1v) is 6.05. The molecule has 1 aromatic carbocycles. The van der Waals surface area contributed by atoms with Crippen molar-refractivity contribution in [3.8, 4) is 5.69 Å². The van der Waals surface area contributed by atoms with Crippen LogP contribution >= 0.6 is 0 Å². The number of aldehydes is 1. The van der Waals surface area contributed by atoms with E-state index in [9.17, 15) is 4.79 Å². The normalized spacial score (nSPS) is 11.6. The fourth-order valence-corrected chi connectivity index (χ4v) is 2.00. The highest BCUT2D eigenvalue weighted by Gasteiger charge is 2.22. The molecule has 1 heterocycles. The summed E-state index contributed by atoms with van der Waals surface area (Å²) in [6.45, 7) is 8.22. The van der Waals surface area contributed by atoms with Crippen molar-refractivity contribution >= 4 is 6.29 Å². The van der Waals surface area contributed by atoms with Crippen LogP contribution in [0.3, 0.4) is 0 Å². The number of aromatic nitrogens is 2. The van der Waals surface area contributed by atoms with E-state index < -0.39 is 0 Å². The molecule has 94 valence electrons. The molecule has 0 amide bonds. The Morgan fingerprint density at radius 1 is 1.22 bits per heavy atom. The highest BCUT2D eigenvalue weighted by Crippen LogP contribution is 2.25. The summed E-state index contributed by atoms with van der Waals surface area (Å²) in [7, 11) is 0. The lowest BCUT2D eigenvalue weighted by Crippen LogP contribution is -2.14. The summed E-state index contributed by atoms with van der Waals surface area (Å²) in [6.07, 6.45) is 2.68. The summed E-state index contributed by atoms with van der Waals surface area (Å²) in [4.78, 5) is 11.2. The number of nitrogens with zero attached hydrogens (tertiary/aromatic N) is 2. The van der Waals surface area contributed by atoms with Crippen LogP contribution in [0.4, 0.5) is 0 Å². The summed E-state index contributed by atoms with van der Waals surface area (Å²) < 4.78 is 1.79. The maximum atomic E-state index is 11.2. The van der Waals surface area contributed by atoms with Crippen molar-refractivity contribution in [3.63, 3.8) is 0 Å². The van der Waals surface area contributed by atoms with Crippen LogP contribution in [0.15, 0.2) is 30.5 Å². The topological polar surface area (TPSA) is 34.9 Å². The van der Waals surface area contributed by atoms with Crippen LogP contribution in [0, 0.1) is 6.92 Å². The summed E-state index contributed by atoms with van der Waals surface area (Å²) in [5.41, 5.74) is 3.50. The smallest absolute Gasteiger partial charge is 0.153 e. The first-order chi connectivity index (χ1) is 8.43. The molecule has 0 bridgehead atoms. The van der Waals surface area contributed by atoms with Gasteiger partial charge >= 0.3 is 0 Å². The van der Waals surface area contributed by atoms with Crippen molar-refractivity contribution in [2.24, 2.45) is 0 Å². The molecule has 0 aliphatic rings. The van der Waals surface area contributed by atoms with Gasteiger partial charge in [-0.3, -0.25) is 4.79 Å². The van der Waals surface area contributed by atoms with E-state index in [1.807, 2.05) is 31.2 Å². The van der Waals surface area contributed by atoms with Crippen molar-refractivity contribution < 1.29 is 4.79 Å². The van der Waals surface area contributed by atoms with Crippen molar-refractivity contribution in [3.05, 3.63) is 47.3 Å². The second kappa shape index (κ2) is 4.41. The molecular weight excluding hydrogens is 224 g/mol. The van der Waals surface area contributed by atoms with Crippen LogP contribution in [0.25, 0.3) is 5.69 Å². The van der Waals surface area contributed by atoms with E-state index >= 15 is 0 Å². The third kappa shape index (κ3) is 2.21. The molecule has 0 aliphatic heterocycles. The van der Waals surface area contributed by atoms with Gasteiger partial charge in [0.1, 0.15) is 0 Å². The number of carbonyl (C=O) groups excluding carboxylic acids is 1. The van der Waals surface area contributed by atoms with Crippen LogP contribution in [-0.2, 0) is 5.41 Å². The Morgan fingerprint density at radius 2 is 1.89 bits per heavy atom. The van der Waals surface area contributed by atoms with Gasteiger partial charge in [-0.15, -0.1) is 0 Å². The summed E-state index contributed by atoms with van der Waals surface area (Å²) in [5, 5.41) is 4.57. The Labute approximate surface area is 107 Å². The van der Waals surface area contributed by atoms with Crippen LogP contribution < -0.4 is 0 Å². The van der Waals surface area contributed by atoms with Gasteiger partial charge in [-0.1, -0.05) is 39.0 Å². The molecule has 0 aliphatic carbocycles. The number of hydrogen-bond donors (Lipinski definition) is 0. The highest BCUT2D eigenvalue weighted by molar-refractivity contribution is 5.77. The molecule has 0 saturated heterocycles. The average molecular weight is 242 g/mol. The van der Waals surface area contributed by atoms with Gasteiger partial charge in [0.2, 0.25) is 0 Å². The molecule has 3 nitrogen and oxygen atoms in total. The van der Waals surface area contributed by atoms with Gasteiger partial charge < -0.3 is 0 Å². The van der Waals surface area contributed by atoms with Crippen molar-refractivity contribution in [1.82, 2.24) is 9.78 Å². The second-order valence-corrected chi connectivity index (χ2v) is 5.53. The molecule has 18 heavy (non-hydrogen) atoms. The lowest BCUT2D eigenvalue weighted by Gasteiger charge is -2.15. The van der Waals surface area contributed by atoms with Crippen molar-refractivity contribution in [2.75, 3.05) is 0 Å². The van der Waals surface area contributed by atoms with Gasteiger partial charge in [0.05, 0.1) is 16.9 Å². The SMILES string of the molecule is Cc1ccccc1-n1cc(C=O)c(C(C)(C)C)n1. The number of benzene rings is 1. The molecule has 0 atom stereocenters. The Hall–Kier alpha value is -1.90. The van der Waals surface area contributed by atoms with Gasteiger partial charge in [-0.2, -0.15) is 5.10 Å². The predicted molar refractivity (Wildman–Crippen MR) is 72.4 cm³/mol. The van der Waals surface area contributed by atoms with Gasteiger partial charge in [-0.05, 0) is 18.6 Å². The van der Waals surface area contributed by atoms with Crippen LogP contribution in [0.1, 0.15) is 42.4 Å². The minimum atomic E-state index is -0.135. The standard InChI is InChI=1S/C15H18N2O/c1-11-7-5-6-8-13(11)17-9-12(10-18)14(16-17)15(2,3)4/h5-10H,1-4H3. The molecule has 2 rings (SSSR count). The van der Waals surface area contributed by atoms with E-state index in [4.69, 9.17) is 0 Å². The molecule has 1 aromatic heterocycles. The van der Waals surface area contributed by atoms with Crippen LogP contribution in [-0.4, -0.2) is 16.1 Å². The minimum Gasteiger partial charge on any atom is -0.298 e. The number of aryl methyl sites for hydroxylation is 1. The van der Waals surface area contributed by atoms with Crippen LogP contribution in [0.5, 0.6) is 0 Å². The lowest BCUT2D eigenvalue weighted by atomic mass is 9.90. The van der Waals surface area contributed by atoms with E-state index in [1.54, 1.807) is 10.9 Å². The maximum absolute atomic E-state index is 11.2. The molecular formula is C15H18N2O. The van der Waals surface area contributed by atoms with Gasteiger partial charge in [0.25, 0.3) is 0 Å². The fraction of sp³-hybridized carbons (Fsp3) is 0.333. The molecule has 0 unspecified atom stereocenters. The quantitative estimate of drug-likeness (QED) is 0.757. The number of rotatable bonds is 2. The molecule has 0 spiro atoms. The van der Waals surface area contributed by atoms with Crippen molar-refractivity contribution in [1.29, 1.82) is 0 Å². The highest BCUT2D eigenvalue weighted by atomic mass is 16.1.